The van der Waals surface area contributed by atoms with Crippen LogP contribution in [0.3, 0.4) is 0 Å². The standard InChI is InChI=1S/C11H16BNO2/c14-12(15)11-6-7-13-8-10(11)9-4-2-1-3-5-9/h6-9,14-15H,1-5H2. The summed E-state index contributed by atoms with van der Waals surface area (Å²) in [5.74, 6) is 0.462. The van der Waals surface area contributed by atoms with Crippen LogP contribution in [0.25, 0.3) is 0 Å². The Morgan fingerprint density at radius 1 is 1.20 bits per heavy atom. The van der Waals surface area contributed by atoms with Gasteiger partial charge in [-0.05, 0) is 35.9 Å². The van der Waals surface area contributed by atoms with Crippen LogP contribution < -0.4 is 5.46 Å². The predicted octanol–water partition coefficient (Wildman–Crippen LogP) is 0.809. The summed E-state index contributed by atoms with van der Waals surface area (Å²) in [5.41, 5.74) is 1.64. The normalized spacial score (nSPS) is 17.7. The average Bonchev–Trinajstić information content (AvgIpc) is 2.30. The van der Waals surface area contributed by atoms with Crippen molar-refractivity contribution in [3.63, 3.8) is 0 Å². The number of nitrogens with zero attached hydrogens (tertiary/aromatic N) is 1. The van der Waals surface area contributed by atoms with E-state index >= 15 is 0 Å². The molecule has 0 atom stereocenters. The molecule has 3 nitrogen and oxygen atoms in total. The molecule has 1 aromatic rings. The van der Waals surface area contributed by atoms with Crippen molar-refractivity contribution < 1.29 is 10.0 Å². The van der Waals surface area contributed by atoms with E-state index in [2.05, 4.69) is 4.98 Å². The van der Waals surface area contributed by atoms with E-state index in [-0.39, 0.29) is 0 Å². The van der Waals surface area contributed by atoms with E-state index in [0.29, 0.717) is 11.4 Å². The Morgan fingerprint density at radius 2 is 1.93 bits per heavy atom. The molecule has 1 saturated carbocycles. The van der Waals surface area contributed by atoms with Gasteiger partial charge in [0, 0.05) is 12.4 Å². The Bertz CT molecular complexity index is 324. The fourth-order valence-corrected chi connectivity index (χ4v) is 2.41. The first-order valence-electron chi connectivity index (χ1n) is 5.59. The zero-order chi connectivity index (χ0) is 10.7. The molecular formula is C11H16BNO2. The van der Waals surface area contributed by atoms with E-state index in [9.17, 15) is 10.0 Å². The van der Waals surface area contributed by atoms with E-state index in [1.54, 1.807) is 18.5 Å². The molecule has 1 aromatic heterocycles. The van der Waals surface area contributed by atoms with Crippen LogP contribution in [0.5, 0.6) is 0 Å². The van der Waals surface area contributed by atoms with E-state index in [1.165, 1.54) is 19.3 Å². The second kappa shape index (κ2) is 4.77. The Kier molecular flexibility index (Phi) is 3.39. The molecule has 0 saturated heterocycles. The molecule has 1 heterocycles. The van der Waals surface area contributed by atoms with Gasteiger partial charge in [-0.2, -0.15) is 0 Å². The van der Waals surface area contributed by atoms with Crippen LogP contribution in [-0.2, 0) is 0 Å². The van der Waals surface area contributed by atoms with Gasteiger partial charge in [-0.3, -0.25) is 4.98 Å². The SMILES string of the molecule is OB(O)c1ccncc1C1CCCCC1. The third-order valence-corrected chi connectivity index (χ3v) is 3.21. The van der Waals surface area contributed by atoms with Crippen LogP contribution in [0.1, 0.15) is 43.6 Å². The Labute approximate surface area is 90.3 Å². The lowest BCUT2D eigenvalue weighted by Crippen LogP contribution is -2.34. The van der Waals surface area contributed by atoms with Crippen molar-refractivity contribution in [2.24, 2.45) is 0 Å². The summed E-state index contributed by atoms with van der Waals surface area (Å²) < 4.78 is 0. The van der Waals surface area contributed by atoms with Crippen molar-refractivity contribution in [2.75, 3.05) is 0 Å². The average molecular weight is 205 g/mol. The van der Waals surface area contributed by atoms with Gasteiger partial charge < -0.3 is 10.0 Å². The van der Waals surface area contributed by atoms with E-state index in [1.807, 2.05) is 0 Å². The summed E-state index contributed by atoms with van der Waals surface area (Å²) in [6.07, 6.45) is 9.46. The highest BCUT2D eigenvalue weighted by Crippen LogP contribution is 2.31. The van der Waals surface area contributed by atoms with Crippen molar-refractivity contribution >= 4 is 12.6 Å². The maximum Gasteiger partial charge on any atom is 0.488 e. The zero-order valence-corrected chi connectivity index (χ0v) is 8.76. The molecule has 2 rings (SSSR count). The molecule has 1 aliphatic rings. The lowest BCUT2D eigenvalue weighted by molar-refractivity contribution is 0.420. The first kappa shape index (κ1) is 10.6. The fraction of sp³-hybridized carbons (Fsp3) is 0.545. The van der Waals surface area contributed by atoms with Crippen molar-refractivity contribution in [3.8, 4) is 0 Å². The zero-order valence-electron chi connectivity index (χ0n) is 8.76. The van der Waals surface area contributed by atoms with Crippen LogP contribution >= 0.6 is 0 Å². The molecule has 80 valence electrons. The summed E-state index contributed by atoms with van der Waals surface area (Å²) in [4.78, 5) is 4.08. The molecule has 0 spiro atoms. The summed E-state index contributed by atoms with van der Waals surface area (Å²) in [7, 11) is -1.37. The summed E-state index contributed by atoms with van der Waals surface area (Å²) in [6.45, 7) is 0. The van der Waals surface area contributed by atoms with Crippen molar-refractivity contribution in [3.05, 3.63) is 24.0 Å². The topological polar surface area (TPSA) is 53.4 Å². The van der Waals surface area contributed by atoms with Gasteiger partial charge in [0.05, 0.1) is 0 Å². The quantitative estimate of drug-likeness (QED) is 0.702. The Hall–Kier alpha value is -0.865. The summed E-state index contributed by atoms with van der Waals surface area (Å²) in [6, 6.07) is 1.70. The monoisotopic (exact) mass is 205 g/mol. The molecular weight excluding hydrogens is 189 g/mol. The van der Waals surface area contributed by atoms with Crippen molar-refractivity contribution in [2.45, 2.75) is 38.0 Å². The molecule has 15 heavy (non-hydrogen) atoms. The highest BCUT2D eigenvalue weighted by atomic mass is 16.4. The van der Waals surface area contributed by atoms with E-state index in [4.69, 9.17) is 0 Å². The Morgan fingerprint density at radius 3 is 2.60 bits per heavy atom. The first-order valence-corrected chi connectivity index (χ1v) is 5.59. The summed E-state index contributed by atoms with van der Waals surface area (Å²) >= 11 is 0. The fourth-order valence-electron chi connectivity index (χ4n) is 2.41. The summed E-state index contributed by atoms with van der Waals surface area (Å²) in [5, 5.41) is 18.5. The van der Waals surface area contributed by atoms with Crippen LogP contribution in [0.4, 0.5) is 0 Å². The molecule has 4 heteroatoms. The largest absolute Gasteiger partial charge is 0.488 e. The smallest absolute Gasteiger partial charge is 0.423 e. The van der Waals surface area contributed by atoms with Crippen LogP contribution in [-0.4, -0.2) is 22.2 Å². The number of aromatic nitrogens is 1. The Balaban J connectivity index is 2.25. The highest BCUT2D eigenvalue weighted by molar-refractivity contribution is 6.59. The molecule has 0 radical (unpaired) electrons. The van der Waals surface area contributed by atoms with Crippen LogP contribution in [0, 0.1) is 0 Å². The van der Waals surface area contributed by atoms with Crippen LogP contribution in [0.15, 0.2) is 18.5 Å². The maximum atomic E-state index is 9.26. The number of hydrogen-bond donors (Lipinski definition) is 2. The lowest BCUT2D eigenvalue weighted by atomic mass is 9.72. The van der Waals surface area contributed by atoms with Crippen LogP contribution in [0.2, 0.25) is 0 Å². The van der Waals surface area contributed by atoms with Gasteiger partial charge in [-0.1, -0.05) is 19.3 Å². The molecule has 0 amide bonds. The van der Waals surface area contributed by atoms with Gasteiger partial charge in [-0.25, -0.2) is 0 Å². The molecule has 1 aliphatic carbocycles. The minimum Gasteiger partial charge on any atom is -0.423 e. The van der Waals surface area contributed by atoms with Gasteiger partial charge in [-0.15, -0.1) is 0 Å². The molecule has 0 aromatic carbocycles. The third-order valence-electron chi connectivity index (χ3n) is 3.21. The maximum absolute atomic E-state index is 9.26. The molecule has 1 fully saturated rings. The second-order valence-corrected chi connectivity index (χ2v) is 4.21. The minimum atomic E-state index is -1.37. The second-order valence-electron chi connectivity index (χ2n) is 4.21. The van der Waals surface area contributed by atoms with E-state index in [0.717, 1.165) is 18.4 Å². The first-order chi connectivity index (χ1) is 7.29. The van der Waals surface area contributed by atoms with Crippen molar-refractivity contribution in [1.29, 1.82) is 0 Å². The molecule has 2 N–H and O–H groups in total. The molecule has 0 bridgehead atoms. The van der Waals surface area contributed by atoms with Gasteiger partial charge in [0.1, 0.15) is 0 Å². The number of pyridine rings is 1. The lowest BCUT2D eigenvalue weighted by Gasteiger charge is -2.23. The van der Waals surface area contributed by atoms with Crippen molar-refractivity contribution in [1.82, 2.24) is 4.98 Å². The van der Waals surface area contributed by atoms with Gasteiger partial charge in [0.25, 0.3) is 0 Å². The van der Waals surface area contributed by atoms with E-state index < -0.39 is 7.12 Å². The van der Waals surface area contributed by atoms with Gasteiger partial charge in [0.15, 0.2) is 0 Å². The molecule has 0 aliphatic heterocycles. The highest BCUT2D eigenvalue weighted by Gasteiger charge is 2.23. The molecule has 0 unspecified atom stereocenters. The minimum absolute atomic E-state index is 0.462. The third kappa shape index (κ3) is 2.38. The van der Waals surface area contributed by atoms with Gasteiger partial charge in [0.2, 0.25) is 0 Å². The van der Waals surface area contributed by atoms with Gasteiger partial charge >= 0.3 is 7.12 Å². The predicted molar refractivity (Wildman–Crippen MR) is 59.9 cm³/mol. The number of hydrogen-bond acceptors (Lipinski definition) is 3. The number of rotatable bonds is 2.